The van der Waals surface area contributed by atoms with Crippen molar-refractivity contribution in [3.05, 3.63) is 54.4 Å². The van der Waals surface area contributed by atoms with Gasteiger partial charge in [-0.3, -0.25) is 14.6 Å². The van der Waals surface area contributed by atoms with Crippen molar-refractivity contribution in [3.8, 4) is 11.1 Å². The maximum atomic E-state index is 12.8. The standard InChI is InChI=1S/C25H31N3O2/c26-24(30)25(13-15-28(18-25)23(29)12-11-19-6-1-2-7-19)16-20-8-3-4-10-22(20)21-9-5-14-27-17-21/h3-5,8-10,14,17,19H,1-2,6-7,11-13,15-16,18H2,(H2,26,30)/t25-/m0/s1. The molecule has 1 aliphatic carbocycles. The minimum absolute atomic E-state index is 0.172. The zero-order chi connectivity index (χ0) is 21.0. The number of nitrogens with two attached hydrogens (primary N) is 1. The van der Waals surface area contributed by atoms with E-state index in [9.17, 15) is 9.59 Å². The highest BCUT2D eigenvalue weighted by molar-refractivity contribution is 5.85. The highest BCUT2D eigenvalue weighted by Crippen LogP contribution is 2.37. The number of hydrogen-bond acceptors (Lipinski definition) is 3. The van der Waals surface area contributed by atoms with E-state index in [1.54, 1.807) is 6.20 Å². The van der Waals surface area contributed by atoms with E-state index in [1.807, 2.05) is 35.4 Å². The van der Waals surface area contributed by atoms with Gasteiger partial charge in [0.1, 0.15) is 0 Å². The average Bonchev–Trinajstić information content (AvgIpc) is 3.44. The summed E-state index contributed by atoms with van der Waals surface area (Å²) in [4.78, 5) is 31.5. The van der Waals surface area contributed by atoms with Gasteiger partial charge >= 0.3 is 0 Å². The molecule has 5 heteroatoms. The smallest absolute Gasteiger partial charge is 0.225 e. The van der Waals surface area contributed by atoms with Gasteiger partial charge in [0.2, 0.25) is 11.8 Å². The number of rotatable bonds is 7. The topological polar surface area (TPSA) is 76.3 Å². The molecular weight excluding hydrogens is 374 g/mol. The molecule has 158 valence electrons. The second-order valence-electron chi connectivity index (χ2n) is 8.97. The van der Waals surface area contributed by atoms with Gasteiger partial charge in [-0.05, 0) is 42.4 Å². The van der Waals surface area contributed by atoms with E-state index < -0.39 is 5.41 Å². The number of primary amides is 1. The zero-order valence-corrected chi connectivity index (χ0v) is 17.6. The number of likely N-dealkylation sites (tertiary alicyclic amines) is 1. The molecule has 4 rings (SSSR count). The summed E-state index contributed by atoms with van der Waals surface area (Å²) in [5.74, 6) is 0.559. The van der Waals surface area contributed by atoms with E-state index in [4.69, 9.17) is 5.73 Å². The fraction of sp³-hybridized carbons (Fsp3) is 0.480. The maximum Gasteiger partial charge on any atom is 0.225 e. The van der Waals surface area contributed by atoms with Crippen LogP contribution in [0.2, 0.25) is 0 Å². The summed E-state index contributed by atoms with van der Waals surface area (Å²) in [5, 5.41) is 0. The van der Waals surface area contributed by atoms with Crippen molar-refractivity contribution >= 4 is 11.8 Å². The molecule has 2 fully saturated rings. The Kier molecular flexibility index (Phi) is 6.16. The molecule has 1 atom stereocenters. The predicted octanol–water partition coefficient (Wildman–Crippen LogP) is 3.97. The molecule has 5 nitrogen and oxygen atoms in total. The van der Waals surface area contributed by atoms with E-state index in [2.05, 4.69) is 17.1 Å². The molecule has 2 aliphatic rings. The third kappa shape index (κ3) is 4.40. The molecule has 2 heterocycles. The molecule has 30 heavy (non-hydrogen) atoms. The van der Waals surface area contributed by atoms with Crippen molar-refractivity contribution in [2.75, 3.05) is 13.1 Å². The van der Waals surface area contributed by atoms with Crippen LogP contribution in [0.5, 0.6) is 0 Å². The lowest BCUT2D eigenvalue weighted by Crippen LogP contribution is -2.42. The van der Waals surface area contributed by atoms with Crippen LogP contribution in [0.15, 0.2) is 48.8 Å². The maximum absolute atomic E-state index is 12.8. The van der Waals surface area contributed by atoms with Gasteiger partial charge in [-0.2, -0.15) is 0 Å². The Hall–Kier alpha value is -2.69. The molecule has 0 bridgehead atoms. The average molecular weight is 406 g/mol. The SMILES string of the molecule is NC(=O)[C@]1(Cc2ccccc2-c2cccnc2)CCN(C(=O)CCC2CCCC2)C1. The summed E-state index contributed by atoms with van der Waals surface area (Å²) < 4.78 is 0. The summed E-state index contributed by atoms with van der Waals surface area (Å²) in [6.45, 7) is 1.04. The van der Waals surface area contributed by atoms with Gasteiger partial charge in [0.15, 0.2) is 0 Å². The first kappa shape index (κ1) is 20.6. The zero-order valence-electron chi connectivity index (χ0n) is 17.6. The summed E-state index contributed by atoms with van der Waals surface area (Å²) in [7, 11) is 0. The molecule has 2 aromatic rings. The summed E-state index contributed by atoms with van der Waals surface area (Å²) >= 11 is 0. The van der Waals surface area contributed by atoms with Crippen LogP contribution in [0.25, 0.3) is 11.1 Å². The van der Waals surface area contributed by atoms with Gasteiger partial charge in [-0.25, -0.2) is 0 Å². The van der Waals surface area contributed by atoms with Crippen LogP contribution in [-0.4, -0.2) is 34.8 Å². The summed E-state index contributed by atoms with van der Waals surface area (Å²) in [6.07, 6.45) is 11.4. The molecule has 1 aliphatic heterocycles. The highest BCUT2D eigenvalue weighted by atomic mass is 16.2. The minimum atomic E-state index is -0.707. The Morgan fingerprint density at radius 2 is 1.93 bits per heavy atom. The molecule has 2 amide bonds. The number of hydrogen-bond donors (Lipinski definition) is 1. The second kappa shape index (κ2) is 8.99. The molecule has 1 aromatic heterocycles. The number of aromatic nitrogens is 1. The predicted molar refractivity (Wildman–Crippen MR) is 117 cm³/mol. The van der Waals surface area contributed by atoms with Crippen molar-refractivity contribution in [2.24, 2.45) is 17.1 Å². The van der Waals surface area contributed by atoms with Crippen molar-refractivity contribution < 1.29 is 9.59 Å². The van der Waals surface area contributed by atoms with E-state index in [-0.39, 0.29) is 11.8 Å². The summed E-state index contributed by atoms with van der Waals surface area (Å²) in [6, 6.07) is 12.0. The fourth-order valence-electron chi connectivity index (χ4n) is 5.15. The number of benzene rings is 1. The Labute approximate surface area is 178 Å². The molecule has 0 spiro atoms. The van der Waals surface area contributed by atoms with Crippen molar-refractivity contribution in [1.29, 1.82) is 0 Å². The molecule has 1 aromatic carbocycles. The van der Waals surface area contributed by atoms with Crippen molar-refractivity contribution in [1.82, 2.24) is 9.88 Å². The van der Waals surface area contributed by atoms with E-state index >= 15 is 0 Å². The van der Waals surface area contributed by atoms with Crippen molar-refractivity contribution in [2.45, 2.75) is 51.4 Å². The molecule has 0 radical (unpaired) electrons. The molecular formula is C25H31N3O2. The van der Waals surface area contributed by atoms with Crippen LogP contribution in [0.3, 0.4) is 0 Å². The van der Waals surface area contributed by atoms with Gasteiger partial charge in [-0.1, -0.05) is 56.0 Å². The fourth-order valence-corrected chi connectivity index (χ4v) is 5.15. The lowest BCUT2D eigenvalue weighted by molar-refractivity contribution is -0.132. The normalized spacial score (nSPS) is 21.8. The third-order valence-electron chi connectivity index (χ3n) is 6.99. The lowest BCUT2D eigenvalue weighted by Gasteiger charge is -2.27. The monoisotopic (exact) mass is 405 g/mol. The van der Waals surface area contributed by atoms with Gasteiger partial charge < -0.3 is 10.6 Å². The van der Waals surface area contributed by atoms with Gasteiger partial charge in [-0.15, -0.1) is 0 Å². The third-order valence-corrected chi connectivity index (χ3v) is 6.99. The molecule has 1 saturated heterocycles. The number of carbonyl (C=O) groups excluding carboxylic acids is 2. The minimum Gasteiger partial charge on any atom is -0.369 e. The van der Waals surface area contributed by atoms with Gasteiger partial charge in [0.25, 0.3) is 0 Å². The first-order valence-corrected chi connectivity index (χ1v) is 11.1. The Balaban J connectivity index is 1.48. The number of amides is 2. The van der Waals surface area contributed by atoms with Crippen LogP contribution in [-0.2, 0) is 16.0 Å². The number of nitrogens with zero attached hydrogens (tertiary/aromatic N) is 2. The summed E-state index contributed by atoms with van der Waals surface area (Å²) in [5.41, 5.74) is 8.37. The Bertz CT molecular complexity index is 892. The lowest BCUT2D eigenvalue weighted by atomic mass is 9.78. The largest absolute Gasteiger partial charge is 0.369 e. The first-order valence-electron chi connectivity index (χ1n) is 11.1. The van der Waals surface area contributed by atoms with Crippen LogP contribution in [0, 0.1) is 11.3 Å². The Morgan fingerprint density at radius 1 is 1.13 bits per heavy atom. The van der Waals surface area contributed by atoms with Crippen LogP contribution >= 0.6 is 0 Å². The Morgan fingerprint density at radius 3 is 2.67 bits per heavy atom. The van der Waals surface area contributed by atoms with E-state index in [1.165, 1.54) is 25.7 Å². The quantitative estimate of drug-likeness (QED) is 0.757. The van der Waals surface area contributed by atoms with Gasteiger partial charge in [0.05, 0.1) is 5.41 Å². The molecule has 1 saturated carbocycles. The van der Waals surface area contributed by atoms with E-state index in [0.29, 0.717) is 38.3 Å². The second-order valence-corrected chi connectivity index (χ2v) is 8.97. The molecule has 2 N–H and O–H groups in total. The van der Waals surface area contributed by atoms with E-state index in [0.717, 1.165) is 23.1 Å². The highest BCUT2D eigenvalue weighted by Gasteiger charge is 2.45. The number of carbonyl (C=O) groups is 2. The number of pyridine rings is 1. The first-order chi connectivity index (χ1) is 14.6. The van der Waals surface area contributed by atoms with Gasteiger partial charge in [0, 0.05) is 37.5 Å². The van der Waals surface area contributed by atoms with Crippen LogP contribution < -0.4 is 5.73 Å². The van der Waals surface area contributed by atoms with Crippen molar-refractivity contribution in [3.63, 3.8) is 0 Å². The van der Waals surface area contributed by atoms with Crippen LogP contribution in [0.1, 0.15) is 50.5 Å². The molecule has 0 unspecified atom stereocenters. The van der Waals surface area contributed by atoms with Crippen LogP contribution in [0.4, 0.5) is 0 Å².